The van der Waals surface area contributed by atoms with Crippen LogP contribution in [0.1, 0.15) is 28.8 Å². The van der Waals surface area contributed by atoms with Crippen LogP contribution in [-0.2, 0) is 9.53 Å². The fourth-order valence-electron chi connectivity index (χ4n) is 3.23. The fraction of sp³-hybridized carbons (Fsp3) is 0.182. The summed E-state index contributed by atoms with van der Waals surface area (Å²) < 4.78 is 16.3. The topological polar surface area (TPSA) is 69.7 Å². The van der Waals surface area contributed by atoms with Gasteiger partial charge in [0.05, 0.1) is 13.2 Å². The molecule has 0 radical (unpaired) electrons. The minimum atomic E-state index is -0.729. The molecule has 0 spiro atoms. The molecule has 3 aromatic rings. The Morgan fingerprint density at radius 2 is 1.79 bits per heavy atom. The van der Waals surface area contributed by atoms with E-state index in [0.29, 0.717) is 5.75 Å². The Labute approximate surface area is 163 Å². The number of aromatic nitrogens is 1. The number of rotatable bonds is 5. The van der Waals surface area contributed by atoms with Crippen molar-refractivity contribution in [3.05, 3.63) is 89.7 Å². The highest BCUT2D eigenvalue weighted by Gasteiger charge is 2.30. The number of nitrogens with zero attached hydrogens (tertiary/aromatic N) is 1. The van der Waals surface area contributed by atoms with Gasteiger partial charge in [-0.15, -0.1) is 0 Å². The first-order chi connectivity index (χ1) is 13.8. The van der Waals surface area contributed by atoms with Gasteiger partial charge in [-0.25, -0.2) is 0 Å². The van der Waals surface area contributed by atoms with Crippen molar-refractivity contribution in [1.82, 2.24) is 10.3 Å². The summed E-state index contributed by atoms with van der Waals surface area (Å²) in [5.41, 5.74) is 2.57. The number of ether oxygens (including phenoxy) is 3. The zero-order valence-electron chi connectivity index (χ0n) is 15.4. The maximum atomic E-state index is 13.1. The number of carbonyl (C=O) groups is 1. The lowest BCUT2D eigenvalue weighted by atomic mass is 9.98. The normalized spacial score (nSPS) is 16.4. The molecular formula is C22H20N2O4. The first-order valence-electron chi connectivity index (χ1n) is 8.94. The fourth-order valence-corrected chi connectivity index (χ4v) is 3.23. The van der Waals surface area contributed by atoms with Crippen molar-refractivity contribution in [1.29, 1.82) is 0 Å². The van der Waals surface area contributed by atoms with Gasteiger partial charge in [0.1, 0.15) is 11.5 Å². The SMILES string of the molecule is COc1ccc([C@@H](NC(=O)[C@@H]2OCOc3ccccc32)c2ccncc2)cc1. The Morgan fingerprint density at radius 3 is 2.54 bits per heavy atom. The summed E-state index contributed by atoms with van der Waals surface area (Å²) in [7, 11) is 1.62. The molecule has 0 unspecified atom stereocenters. The molecule has 0 fully saturated rings. The van der Waals surface area contributed by atoms with Crippen molar-refractivity contribution in [3.8, 4) is 11.5 Å². The van der Waals surface area contributed by atoms with Crippen LogP contribution in [0.4, 0.5) is 0 Å². The largest absolute Gasteiger partial charge is 0.497 e. The van der Waals surface area contributed by atoms with Crippen molar-refractivity contribution < 1.29 is 19.0 Å². The van der Waals surface area contributed by atoms with E-state index in [1.165, 1.54) is 0 Å². The Kier molecular flexibility index (Phi) is 5.21. The van der Waals surface area contributed by atoms with E-state index < -0.39 is 6.10 Å². The van der Waals surface area contributed by atoms with Crippen molar-refractivity contribution in [2.45, 2.75) is 12.1 Å². The van der Waals surface area contributed by atoms with E-state index >= 15 is 0 Å². The van der Waals surface area contributed by atoms with Gasteiger partial charge in [0.15, 0.2) is 12.9 Å². The molecule has 4 rings (SSSR count). The number of benzene rings is 2. The standard InChI is InChI=1S/C22H20N2O4/c1-26-17-8-6-15(7-9-17)20(16-10-12-23-13-11-16)24-22(25)21-18-4-2-3-5-19(18)27-14-28-21/h2-13,20-21H,14H2,1H3,(H,24,25)/t20-,21-/m1/s1. The molecule has 28 heavy (non-hydrogen) atoms. The van der Waals surface area contributed by atoms with Crippen molar-refractivity contribution in [2.75, 3.05) is 13.9 Å². The second-order valence-electron chi connectivity index (χ2n) is 6.34. The predicted molar refractivity (Wildman–Crippen MR) is 103 cm³/mol. The van der Waals surface area contributed by atoms with Crippen LogP contribution < -0.4 is 14.8 Å². The van der Waals surface area contributed by atoms with Gasteiger partial charge in [0.25, 0.3) is 5.91 Å². The highest BCUT2D eigenvalue weighted by molar-refractivity contribution is 5.84. The average Bonchev–Trinajstić information content (AvgIpc) is 2.77. The first kappa shape index (κ1) is 18.0. The molecule has 1 aliphatic heterocycles. The van der Waals surface area contributed by atoms with Crippen molar-refractivity contribution in [3.63, 3.8) is 0 Å². The molecule has 2 heterocycles. The smallest absolute Gasteiger partial charge is 0.254 e. The van der Waals surface area contributed by atoms with E-state index in [9.17, 15) is 4.79 Å². The third kappa shape index (κ3) is 3.68. The molecule has 6 nitrogen and oxygen atoms in total. The molecule has 6 heteroatoms. The highest BCUT2D eigenvalue weighted by Crippen LogP contribution is 2.33. The zero-order chi connectivity index (χ0) is 19.3. The third-order valence-corrected chi connectivity index (χ3v) is 4.66. The lowest BCUT2D eigenvalue weighted by Gasteiger charge is -2.28. The molecule has 0 saturated heterocycles. The summed E-state index contributed by atoms with van der Waals surface area (Å²) in [5.74, 6) is 1.19. The number of amides is 1. The summed E-state index contributed by atoms with van der Waals surface area (Å²) in [4.78, 5) is 17.2. The molecule has 1 aromatic heterocycles. The van der Waals surface area contributed by atoms with Crippen LogP contribution in [-0.4, -0.2) is 24.8 Å². The van der Waals surface area contributed by atoms with Crippen molar-refractivity contribution in [2.24, 2.45) is 0 Å². The predicted octanol–water partition coefficient (Wildman–Crippen LogP) is 3.40. The molecule has 0 aliphatic carbocycles. The summed E-state index contributed by atoms with van der Waals surface area (Å²) in [6.07, 6.45) is 2.68. The van der Waals surface area contributed by atoms with Gasteiger partial charge in [-0.3, -0.25) is 9.78 Å². The molecular weight excluding hydrogens is 356 g/mol. The monoisotopic (exact) mass is 376 g/mol. The summed E-state index contributed by atoms with van der Waals surface area (Å²) >= 11 is 0. The minimum Gasteiger partial charge on any atom is -0.497 e. The minimum absolute atomic E-state index is 0.0392. The molecule has 1 amide bonds. The lowest BCUT2D eigenvalue weighted by Crippen LogP contribution is -2.36. The molecule has 142 valence electrons. The van der Waals surface area contributed by atoms with Gasteiger partial charge >= 0.3 is 0 Å². The Morgan fingerprint density at radius 1 is 1.07 bits per heavy atom. The van der Waals surface area contributed by atoms with Crippen LogP contribution in [0, 0.1) is 0 Å². The Hall–Kier alpha value is -3.38. The number of hydrogen-bond acceptors (Lipinski definition) is 5. The highest BCUT2D eigenvalue weighted by atomic mass is 16.7. The van der Waals surface area contributed by atoms with Crippen LogP contribution >= 0.6 is 0 Å². The number of carbonyl (C=O) groups excluding carboxylic acids is 1. The molecule has 0 saturated carbocycles. The van der Waals surface area contributed by atoms with Gasteiger partial charge in [-0.1, -0.05) is 30.3 Å². The number of hydrogen-bond donors (Lipinski definition) is 1. The van der Waals surface area contributed by atoms with Crippen LogP contribution in [0.25, 0.3) is 0 Å². The van der Waals surface area contributed by atoms with E-state index in [0.717, 1.165) is 22.4 Å². The van der Waals surface area contributed by atoms with Crippen LogP contribution in [0.2, 0.25) is 0 Å². The van der Waals surface area contributed by atoms with Crippen LogP contribution in [0.3, 0.4) is 0 Å². The van der Waals surface area contributed by atoms with E-state index in [1.54, 1.807) is 19.5 Å². The van der Waals surface area contributed by atoms with Gasteiger partial charge in [-0.2, -0.15) is 0 Å². The number of nitrogens with one attached hydrogen (secondary N) is 1. The summed E-state index contributed by atoms with van der Waals surface area (Å²) in [5, 5.41) is 3.11. The van der Waals surface area contributed by atoms with E-state index in [-0.39, 0.29) is 18.7 Å². The molecule has 2 aromatic carbocycles. The summed E-state index contributed by atoms with van der Waals surface area (Å²) in [6, 6.07) is 18.4. The van der Waals surface area contributed by atoms with Gasteiger partial charge in [-0.05, 0) is 41.5 Å². The Balaban J connectivity index is 1.63. The first-order valence-corrected chi connectivity index (χ1v) is 8.94. The van der Waals surface area contributed by atoms with E-state index in [2.05, 4.69) is 10.3 Å². The number of fused-ring (bicyclic) bond motifs is 1. The van der Waals surface area contributed by atoms with E-state index in [4.69, 9.17) is 14.2 Å². The molecule has 1 aliphatic rings. The number of methoxy groups -OCH3 is 1. The van der Waals surface area contributed by atoms with Crippen LogP contribution in [0.15, 0.2) is 73.1 Å². The Bertz CT molecular complexity index is 944. The second kappa shape index (κ2) is 8.10. The van der Waals surface area contributed by atoms with Gasteiger partial charge in [0.2, 0.25) is 0 Å². The second-order valence-corrected chi connectivity index (χ2v) is 6.34. The number of para-hydroxylation sites is 1. The lowest BCUT2D eigenvalue weighted by molar-refractivity contribution is -0.142. The molecule has 2 atom stereocenters. The van der Waals surface area contributed by atoms with Crippen molar-refractivity contribution >= 4 is 5.91 Å². The quantitative estimate of drug-likeness (QED) is 0.739. The molecule has 0 bridgehead atoms. The number of pyridine rings is 1. The summed E-state index contributed by atoms with van der Waals surface area (Å²) in [6.45, 7) is 0.0392. The maximum Gasteiger partial charge on any atom is 0.254 e. The zero-order valence-corrected chi connectivity index (χ0v) is 15.4. The van der Waals surface area contributed by atoms with Gasteiger partial charge < -0.3 is 19.5 Å². The maximum absolute atomic E-state index is 13.1. The van der Waals surface area contributed by atoms with E-state index in [1.807, 2.05) is 60.7 Å². The third-order valence-electron chi connectivity index (χ3n) is 4.66. The molecule has 1 N–H and O–H groups in total. The van der Waals surface area contributed by atoms with Crippen LogP contribution in [0.5, 0.6) is 11.5 Å². The van der Waals surface area contributed by atoms with Gasteiger partial charge in [0, 0.05) is 18.0 Å². The average molecular weight is 376 g/mol.